The number of likely N-dealkylation sites (N-methyl/N-ethyl adjacent to an activating group) is 1. The number of amides is 1. The second-order valence-corrected chi connectivity index (χ2v) is 5.57. The average molecular weight is 337 g/mol. The van der Waals surface area contributed by atoms with Crippen LogP contribution in [-0.4, -0.2) is 46.7 Å². The number of ether oxygens (including phenoxy) is 1. The summed E-state index contributed by atoms with van der Waals surface area (Å²) in [5, 5.41) is 21.5. The third kappa shape index (κ3) is 3.29. The van der Waals surface area contributed by atoms with Crippen molar-refractivity contribution in [1.29, 1.82) is 0 Å². The zero-order chi connectivity index (χ0) is 17.1. The Kier molecular flexibility index (Phi) is 4.89. The van der Waals surface area contributed by atoms with Gasteiger partial charge in [-0.1, -0.05) is 0 Å². The predicted molar refractivity (Wildman–Crippen MR) is 87.6 cm³/mol. The first kappa shape index (κ1) is 16.8. The molecule has 0 aromatic heterocycles. The first-order valence-electron chi connectivity index (χ1n) is 6.67. The molecule has 0 unspecified atom stereocenters. The summed E-state index contributed by atoms with van der Waals surface area (Å²) in [6.07, 6.45) is 1.51. The number of nitro groups is 1. The Morgan fingerprint density at radius 1 is 1.52 bits per heavy atom. The van der Waals surface area contributed by atoms with Gasteiger partial charge in [0, 0.05) is 20.2 Å². The molecule has 1 N–H and O–H groups in total. The van der Waals surface area contributed by atoms with Gasteiger partial charge in [-0.05, 0) is 36.4 Å². The van der Waals surface area contributed by atoms with E-state index in [9.17, 15) is 20.0 Å². The molecule has 122 valence electrons. The van der Waals surface area contributed by atoms with Gasteiger partial charge in [0.2, 0.25) is 5.75 Å². The third-order valence-corrected chi connectivity index (χ3v) is 4.22. The van der Waals surface area contributed by atoms with Gasteiger partial charge in [-0.15, -0.1) is 0 Å². The Balaban J connectivity index is 2.50. The lowest BCUT2D eigenvalue weighted by atomic mass is 10.1. The van der Waals surface area contributed by atoms with Gasteiger partial charge in [0.25, 0.3) is 5.91 Å². The van der Waals surface area contributed by atoms with Gasteiger partial charge in [0.1, 0.15) is 0 Å². The number of amidine groups is 1. The van der Waals surface area contributed by atoms with E-state index >= 15 is 0 Å². The topological polar surface area (TPSA) is 105 Å². The number of carbonyl (C=O) groups excluding carboxylic acids is 1. The van der Waals surface area contributed by atoms with Crippen molar-refractivity contribution in [2.45, 2.75) is 6.92 Å². The zero-order valence-electron chi connectivity index (χ0n) is 12.8. The summed E-state index contributed by atoms with van der Waals surface area (Å²) < 4.78 is 5.21. The lowest BCUT2D eigenvalue weighted by Gasteiger charge is -2.07. The van der Waals surface area contributed by atoms with E-state index in [0.29, 0.717) is 15.6 Å². The van der Waals surface area contributed by atoms with Gasteiger partial charge in [-0.2, -0.15) is 0 Å². The summed E-state index contributed by atoms with van der Waals surface area (Å²) in [6, 6.07) is 2.65. The van der Waals surface area contributed by atoms with Crippen LogP contribution in [0.25, 0.3) is 6.08 Å². The maximum Gasteiger partial charge on any atom is 0.315 e. The lowest BCUT2D eigenvalue weighted by molar-refractivity contribution is -0.386. The molecule has 1 amide bonds. The fraction of sp³-hybridized carbons (Fsp3) is 0.286. The van der Waals surface area contributed by atoms with Crippen LogP contribution in [-0.2, 0) is 4.79 Å². The Hall–Kier alpha value is -2.55. The second kappa shape index (κ2) is 6.69. The van der Waals surface area contributed by atoms with Gasteiger partial charge >= 0.3 is 5.69 Å². The summed E-state index contributed by atoms with van der Waals surface area (Å²) in [7, 11) is 3.18. The van der Waals surface area contributed by atoms with E-state index in [0.717, 1.165) is 0 Å². The number of phenolic OH excluding ortho intramolecular Hbond substituents is 1. The van der Waals surface area contributed by atoms with Crippen molar-refractivity contribution in [2.75, 3.05) is 20.7 Å². The first-order valence-corrected chi connectivity index (χ1v) is 7.49. The molecular weight excluding hydrogens is 322 g/mol. The summed E-state index contributed by atoms with van der Waals surface area (Å²) in [5.41, 5.74) is -0.0875. The van der Waals surface area contributed by atoms with Crippen molar-refractivity contribution in [2.24, 2.45) is 4.99 Å². The van der Waals surface area contributed by atoms with Gasteiger partial charge < -0.3 is 9.84 Å². The molecule has 1 aliphatic rings. The Bertz CT molecular complexity index is 729. The van der Waals surface area contributed by atoms with Crippen molar-refractivity contribution in [3.8, 4) is 11.5 Å². The Morgan fingerprint density at radius 2 is 2.22 bits per heavy atom. The number of hydrogen-bond donors (Lipinski definition) is 1. The molecule has 9 heteroatoms. The van der Waals surface area contributed by atoms with E-state index < -0.39 is 16.4 Å². The molecule has 1 heterocycles. The molecule has 1 aromatic carbocycles. The molecule has 0 aliphatic carbocycles. The standard InChI is InChI=1S/C14H15N3O5S/c1-4-22-10-6-8(5-9(12(10)18)17(20)21)7-11-13(19)16(3)14(15-2)23-11/h5-7,18H,4H2,1-3H3/b11-7+,15-14?. The highest BCUT2D eigenvalue weighted by Gasteiger charge is 2.30. The van der Waals surface area contributed by atoms with Crippen molar-refractivity contribution in [3.63, 3.8) is 0 Å². The molecule has 0 atom stereocenters. The van der Waals surface area contributed by atoms with Crippen LogP contribution in [0.15, 0.2) is 22.0 Å². The average Bonchev–Trinajstić information content (AvgIpc) is 2.78. The molecule has 0 bridgehead atoms. The van der Waals surface area contributed by atoms with E-state index in [1.54, 1.807) is 21.0 Å². The molecule has 1 fully saturated rings. The number of nitrogens with zero attached hydrogens (tertiary/aromatic N) is 3. The van der Waals surface area contributed by atoms with Crippen LogP contribution in [0.5, 0.6) is 11.5 Å². The normalized spacial score (nSPS) is 18.0. The minimum absolute atomic E-state index is 0.00160. The molecule has 0 radical (unpaired) electrons. The van der Waals surface area contributed by atoms with E-state index in [1.165, 1.54) is 34.9 Å². The van der Waals surface area contributed by atoms with Crippen LogP contribution in [0.4, 0.5) is 5.69 Å². The van der Waals surface area contributed by atoms with E-state index in [1.807, 2.05) is 0 Å². The molecule has 0 saturated carbocycles. The van der Waals surface area contributed by atoms with Gasteiger partial charge in [0.15, 0.2) is 10.9 Å². The van der Waals surface area contributed by atoms with Crippen LogP contribution in [0, 0.1) is 10.1 Å². The van der Waals surface area contributed by atoms with Gasteiger partial charge in [-0.25, -0.2) is 0 Å². The quantitative estimate of drug-likeness (QED) is 0.513. The van der Waals surface area contributed by atoms with Gasteiger partial charge in [-0.3, -0.25) is 24.8 Å². The molecule has 1 aliphatic heterocycles. The third-order valence-electron chi connectivity index (χ3n) is 3.07. The molecule has 1 saturated heterocycles. The van der Waals surface area contributed by atoms with Crippen molar-refractivity contribution < 1.29 is 19.6 Å². The van der Waals surface area contributed by atoms with Crippen LogP contribution >= 0.6 is 11.8 Å². The summed E-state index contributed by atoms with van der Waals surface area (Å²) in [5.74, 6) is -0.775. The highest BCUT2D eigenvalue weighted by Crippen LogP contribution is 2.39. The first-order chi connectivity index (χ1) is 10.9. The fourth-order valence-electron chi connectivity index (χ4n) is 2.00. The largest absolute Gasteiger partial charge is 0.500 e. The SMILES string of the molecule is CCOc1cc(/C=C2/SC(=NC)N(C)C2=O)cc([N+](=O)[O-])c1O. The molecular formula is C14H15N3O5S. The van der Waals surface area contributed by atoms with Crippen LogP contribution < -0.4 is 4.74 Å². The molecule has 1 aromatic rings. The number of nitro benzene ring substituents is 1. The number of aliphatic imine (C=N–C) groups is 1. The van der Waals surface area contributed by atoms with Gasteiger partial charge in [0.05, 0.1) is 16.4 Å². The molecule has 2 rings (SSSR count). The lowest BCUT2D eigenvalue weighted by Crippen LogP contribution is -2.23. The Labute approximate surface area is 136 Å². The monoisotopic (exact) mass is 337 g/mol. The van der Waals surface area contributed by atoms with E-state index in [4.69, 9.17) is 4.74 Å². The fourth-order valence-corrected chi connectivity index (χ4v) is 2.93. The second-order valence-electron chi connectivity index (χ2n) is 4.56. The number of aromatic hydroxyl groups is 1. The van der Waals surface area contributed by atoms with Crippen LogP contribution in [0.1, 0.15) is 12.5 Å². The summed E-state index contributed by atoms with van der Waals surface area (Å²) in [4.78, 5) is 28.2. The highest BCUT2D eigenvalue weighted by atomic mass is 32.2. The van der Waals surface area contributed by atoms with E-state index in [-0.39, 0.29) is 18.3 Å². The summed E-state index contributed by atoms with van der Waals surface area (Å²) >= 11 is 1.17. The maximum atomic E-state index is 12.1. The molecule has 23 heavy (non-hydrogen) atoms. The van der Waals surface area contributed by atoms with Crippen molar-refractivity contribution in [3.05, 3.63) is 32.7 Å². The molecule has 8 nitrogen and oxygen atoms in total. The number of phenols is 1. The minimum atomic E-state index is -0.700. The number of carbonyl (C=O) groups is 1. The molecule has 0 spiro atoms. The number of hydrogen-bond acceptors (Lipinski definition) is 7. The zero-order valence-corrected chi connectivity index (χ0v) is 13.6. The van der Waals surface area contributed by atoms with Crippen LogP contribution in [0.3, 0.4) is 0 Å². The number of thioether (sulfide) groups is 1. The maximum absolute atomic E-state index is 12.1. The number of benzene rings is 1. The Morgan fingerprint density at radius 3 is 2.74 bits per heavy atom. The van der Waals surface area contributed by atoms with Crippen LogP contribution in [0.2, 0.25) is 0 Å². The number of rotatable bonds is 4. The smallest absolute Gasteiger partial charge is 0.315 e. The highest BCUT2D eigenvalue weighted by molar-refractivity contribution is 8.18. The van der Waals surface area contributed by atoms with Crippen molar-refractivity contribution >= 4 is 34.6 Å². The van der Waals surface area contributed by atoms with Crippen molar-refractivity contribution in [1.82, 2.24) is 4.90 Å². The van der Waals surface area contributed by atoms with E-state index in [2.05, 4.69) is 4.99 Å². The minimum Gasteiger partial charge on any atom is -0.500 e. The predicted octanol–water partition coefficient (Wildman–Crippen LogP) is 2.23. The summed E-state index contributed by atoms with van der Waals surface area (Å²) in [6.45, 7) is 1.94.